The first-order valence-electron chi connectivity index (χ1n) is 33.7. The molecule has 0 amide bonds. The molecule has 0 fully saturated rings. The van der Waals surface area contributed by atoms with Crippen LogP contribution < -0.4 is 5.84 Å². The first-order valence-corrected chi connectivity index (χ1v) is 36.1. The second kappa shape index (κ2) is 105. The molecule has 454 valence electrons. The predicted molar refractivity (Wildman–Crippen MR) is 359 cm³/mol. The summed E-state index contributed by atoms with van der Waals surface area (Å²) in [6, 6.07) is 0. The minimum atomic E-state index is 0.756. The van der Waals surface area contributed by atoms with Crippen molar-refractivity contribution < 1.29 is 0 Å². The standard InChI is InChI=1S/C23H46.C21H42.C12H24Se.C5H14N2.4C2H6.C2H4/c1-4-7-9-11-13-14-16-18-20-22-23(6-3)21-19-17-15-12-10-8-5-2;1-5-9-11-13-14-15-17-19-21(20(7-3)8-4)18-16-12-10-6-2;1-3-5-6-7-8-9-10-11-12-13-4-2;1-3-4-5-7(2)6;5*1-2/h6,23H,3-5,7-22H2,1-2H3;7,20-21H,3,5-6,8-19H2,1-2,4H3;3H,1,4-12H2,2H3;3-6H2,1-2H3;4*1-2H3;1-2H2. The molecule has 0 aromatic rings. The van der Waals surface area contributed by atoms with Crippen molar-refractivity contribution in [2.24, 2.45) is 23.6 Å². The monoisotopic (exact) mass is 1120 g/mol. The van der Waals surface area contributed by atoms with Gasteiger partial charge in [-0.05, 0) is 56.3 Å². The SMILES string of the molecule is C=C.C=CC(CC)C(CCCCCC)CCCCCCCCC.C=CC(CCCCCCCCC)CCCCCCCCCCC.C=CCCCCCCCC[Se]CC.CC.CC.CC.CC.CCCCN(C)N. The van der Waals surface area contributed by atoms with Crippen LogP contribution in [0.3, 0.4) is 0 Å². The number of hydrazine groups is 1. The van der Waals surface area contributed by atoms with E-state index in [2.05, 4.69) is 93.5 Å². The summed E-state index contributed by atoms with van der Waals surface area (Å²) in [7, 11) is 1.88. The van der Waals surface area contributed by atoms with Crippen LogP contribution in [0.2, 0.25) is 10.6 Å². The van der Waals surface area contributed by atoms with Gasteiger partial charge in [0.25, 0.3) is 0 Å². The Hall–Kier alpha value is -0.601. The Morgan fingerprint density at radius 2 is 0.689 bits per heavy atom. The third kappa shape index (κ3) is 104. The summed E-state index contributed by atoms with van der Waals surface area (Å²) in [6.45, 7) is 50.8. The van der Waals surface area contributed by atoms with Gasteiger partial charge in [-0.2, -0.15) is 0 Å². The zero-order valence-corrected chi connectivity index (χ0v) is 57.3. The van der Waals surface area contributed by atoms with Crippen LogP contribution in [-0.2, 0) is 0 Å². The molecule has 0 aliphatic heterocycles. The second-order valence-electron chi connectivity index (χ2n) is 19.6. The van der Waals surface area contributed by atoms with Gasteiger partial charge in [-0.1, -0.05) is 289 Å². The van der Waals surface area contributed by atoms with Crippen molar-refractivity contribution in [1.29, 1.82) is 0 Å². The van der Waals surface area contributed by atoms with E-state index in [0.717, 1.165) is 39.3 Å². The van der Waals surface area contributed by atoms with Crippen molar-refractivity contribution in [1.82, 2.24) is 5.01 Å². The molecule has 3 unspecified atom stereocenters. The van der Waals surface area contributed by atoms with Crippen LogP contribution in [0, 0.1) is 17.8 Å². The fourth-order valence-electron chi connectivity index (χ4n) is 8.67. The number of rotatable bonds is 48. The van der Waals surface area contributed by atoms with E-state index in [1.807, 2.05) is 68.5 Å². The molecule has 74 heavy (non-hydrogen) atoms. The zero-order chi connectivity index (χ0) is 58.3. The van der Waals surface area contributed by atoms with Gasteiger partial charge in [0, 0.05) is 13.6 Å². The topological polar surface area (TPSA) is 29.3 Å². The van der Waals surface area contributed by atoms with Gasteiger partial charge in [0.15, 0.2) is 0 Å². The van der Waals surface area contributed by atoms with E-state index in [9.17, 15) is 0 Å². The van der Waals surface area contributed by atoms with Crippen LogP contribution in [0.4, 0.5) is 0 Å². The minimum Gasteiger partial charge on any atom is -0.269 e. The molecule has 0 bridgehead atoms. The summed E-state index contributed by atoms with van der Waals surface area (Å²) in [4.78, 5) is 0. The first-order chi connectivity index (χ1) is 36.3. The van der Waals surface area contributed by atoms with Crippen LogP contribution in [-0.4, -0.2) is 33.6 Å². The van der Waals surface area contributed by atoms with Gasteiger partial charge in [0.2, 0.25) is 0 Å². The van der Waals surface area contributed by atoms with Crippen LogP contribution in [0.15, 0.2) is 51.1 Å². The minimum absolute atomic E-state index is 0.756. The van der Waals surface area contributed by atoms with Crippen molar-refractivity contribution >= 4 is 15.0 Å². The van der Waals surface area contributed by atoms with E-state index in [1.54, 1.807) is 5.01 Å². The van der Waals surface area contributed by atoms with Crippen LogP contribution in [0.25, 0.3) is 0 Å². The molecular formula is C71H154N2Se. The van der Waals surface area contributed by atoms with Crippen molar-refractivity contribution in [3.8, 4) is 0 Å². The van der Waals surface area contributed by atoms with Gasteiger partial charge in [-0.15, -0.1) is 26.3 Å². The maximum Gasteiger partial charge on any atom is 0.0125 e. The molecule has 0 spiro atoms. The van der Waals surface area contributed by atoms with Crippen molar-refractivity contribution in [2.75, 3.05) is 13.6 Å². The maximum absolute atomic E-state index is 5.31. The summed E-state index contributed by atoms with van der Waals surface area (Å²) in [6.07, 6.45) is 64.2. The molecule has 0 aromatic carbocycles. The quantitative estimate of drug-likeness (QED) is 0.0216. The Labute approximate surface area is 483 Å². The van der Waals surface area contributed by atoms with E-state index in [0.29, 0.717) is 0 Å². The molecule has 2 nitrogen and oxygen atoms in total. The smallest absolute Gasteiger partial charge is 0.0125 e. The van der Waals surface area contributed by atoms with E-state index in [1.165, 1.54) is 274 Å². The molecule has 0 rings (SSSR count). The number of hydrogen-bond acceptors (Lipinski definition) is 2. The van der Waals surface area contributed by atoms with Gasteiger partial charge in [0.05, 0.1) is 0 Å². The average molecular weight is 1110 g/mol. The molecule has 0 heterocycles. The Morgan fingerprint density at radius 3 is 0.959 bits per heavy atom. The Morgan fingerprint density at radius 1 is 0.392 bits per heavy atom. The van der Waals surface area contributed by atoms with Gasteiger partial charge < -0.3 is 0 Å². The van der Waals surface area contributed by atoms with Crippen molar-refractivity contribution in [3.05, 3.63) is 51.1 Å². The Kier molecular flexibility index (Phi) is 131. The third-order valence-corrected chi connectivity index (χ3v) is 15.3. The molecule has 0 aliphatic carbocycles. The maximum atomic E-state index is 5.31. The summed E-state index contributed by atoms with van der Waals surface area (Å²) in [5.74, 6) is 7.76. The molecule has 2 N–H and O–H groups in total. The Bertz CT molecular complexity index is 826. The van der Waals surface area contributed by atoms with Crippen molar-refractivity contribution in [2.45, 2.75) is 378 Å². The number of allylic oxidation sites excluding steroid dienone is 3. The van der Waals surface area contributed by atoms with E-state index in [-0.39, 0.29) is 0 Å². The van der Waals surface area contributed by atoms with Crippen LogP contribution in [0.1, 0.15) is 367 Å². The van der Waals surface area contributed by atoms with Gasteiger partial charge in [-0.3, -0.25) is 10.9 Å². The summed E-state index contributed by atoms with van der Waals surface area (Å²) < 4.78 is 0. The van der Waals surface area contributed by atoms with Crippen molar-refractivity contribution in [3.63, 3.8) is 0 Å². The summed E-state index contributed by atoms with van der Waals surface area (Å²) in [5.41, 5.74) is 0. The number of nitrogens with two attached hydrogens (primary N) is 1. The van der Waals surface area contributed by atoms with E-state index in [4.69, 9.17) is 5.84 Å². The zero-order valence-electron chi connectivity index (χ0n) is 55.5. The summed E-state index contributed by atoms with van der Waals surface area (Å²) in [5, 5.41) is 4.64. The van der Waals surface area contributed by atoms with E-state index < -0.39 is 0 Å². The molecule has 0 radical (unpaired) electrons. The summed E-state index contributed by atoms with van der Waals surface area (Å²) >= 11 is 0.947. The molecule has 0 aliphatic rings. The number of nitrogens with zero attached hydrogens (tertiary/aromatic N) is 1. The third-order valence-electron chi connectivity index (χ3n) is 13.2. The molecule has 0 saturated carbocycles. The second-order valence-corrected chi connectivity index (χ2v) is 22.5. The molecule has 3 atom stereocenters. The Balaban J connectivity index is -0.000000108. The van der Waals surface area contributed by atoms with E-state index >= 15 is 0 Å². The van der Waals surface area contributed by atoms with Gasteiger partial charge >= 0.3 is 90.1 Å². The van der Waals surface area contributed by atoms with Crippen LogP contribution in [0.5, 0.6) is 0 Å². The molecule has 0 aromatic heterocycles. The average Bonchev–Trinajstić information content (AvgIpc) is 3.45. The van der Waals surface area contributed by atoms with Crippen LogP contribution >= 0.6 is 0 Å². The molecular weight excluding hydrogens is 960 g/mol. The van der Waals surface area contributed by atoms with Gasteiger partial charge in [0.1, 0.15) is 0 Å². The van der Waals surface area contributed by atoms with Gasteiger partial charge in [-0.25, -0.2) is 0 Å². The largest absolute Gasteiger partial charge is 0.269 e. The first kappa shape index (κ1) is 92.8. The molecule has 3 heteroatoms. The number of hydrogen-bond donors (Lipinski definition) is 1. The molecule has 0 saturated heterocycles. The predicted octanol–water partition coefficient (Wildman–Crippen LogP) is 26.7. The fourth-order valence-corrected chi connectivity index (χ4v) is 10.1. The normalized spacial score (nSPS) is 11.0. The fraction of sp³-hybridized carbons (Fsp3) is 0.887. The number of unbranched alkanes of at least 4 members (excludes halogenated alkanes) is 30.